The zero-order chi connectivity index (χ0) is 16.0. The van der Waals surface area contributed by atoms with E-state index in [1.165, 1.54) is 11.3 Å². The highest BCUT2D eigenvalue weighted by Crippen LogP contribution is 2.37. The molecule has 2 amide bonds. The molecule has 4 rings (SSSR count). The van der Waals surface area contributed by atoms with E-state index in [4.69, 9.17) is 5.73 Å². The van der Waals surface area contributed by atoms with Gasteiger partial charge in [0.2, 0.25) is 5.91 Å². The molecular weight excluding hydrogens is 312 g/mol. The summed E-state index contributed by atoms with van der Waals surface area (Å²) >= 11 is 1.40. The molecule has 7 heteroatoms. The zero-order valence-corrected chi connectivity index (χ0v) is 13.5. The highest BCUT2D eigenvalue weighted by atomic mass is 32.1. The molecule has 3 heterocycles. The van der Waals surface area contributed by atoms with Crippen LogP contribution in [-0.4, -0.2) is 40.3 Å². The Morgan fingerprint density at radius 3 is 3.00 bits per heavy atom. The van der Waals surface area contributed by atoms with Gasteiger partial charge in [-0.15, -0.1) is 0 Å². The van der Waals surface area contributed by atoms with E-state index < -0.39 is 5.54 Å². The maximum atomic E-state index is 13.0. The van der Waals surface area contributed by atoms with Crippen LogP contribution in [0.3, 0.4) is 0 Å². The number of benzene rings is 1. The predicted molar refractivity (Wildman–Crippen MR) is 89.3 cm³/mol. The Morgan fingerprint density at radius 2 is 2.17 bits per heavy atom. The van der Waals surface area contributed by atoms with Crippen LogP contribution in [0.5, 0.6) is 0 Å². The molecule has 1 aromatic heterocycles. The average molecular weight is 330 g/mol. The number of likely N-dealkylation sites (tertiary alicyclic amines) is 1. The van der Waals surface area contributed by atoms with Gasteiger partial charge in [-0.05, 0) is 43.9 Å². The van der Waals surface area contributed by atoms with Gasteiger partial charge in [0.15, 0.2) is 5.13 Å². The third-order valence-corrected chi connectivity index (χ3v) is 5.73. The first-order valence-electron chi connectivity index (χ1n) is 7.86. The number of nitrogens with zero attached hydrogens (tertiary/aromatic N) is 2. The number of thiazole rings is 1. The molecule has 1 unspecified atom stereocenters. The molecule has 1 spiro atoms. The Labute approximate surface area is 137 Å². The van der Waals surface area contributed by atoms with Crippen molar-refractivity contribution in [3.63, 3.8) is 0 Å². The molecule has 0 aliphatic carbocycles. The third kappa shape index (κ3) is 2.18. The number of carbonyl (C=O) groups is 2. The van der Waals surface area contributed by atoms with Gasteiger partial charge in [-0.2, -0.15) is 0 Å². The number of rotatable bonds is 1. The Kier molecular flexibility index (Phi) is 3.26. The number of piperidine rings is 1. The molecule has 120 valence electrons. The number of nitrogen functional groups attached to an aromatic ring is 1. The molecule has 0 saturated carbocycles. The first kappa shape index (κ1) is 14.4. The lowest BCUT2D eigenvalue weighted by Crippen LogP contribution is -2.60. The van der Waals surface area contributed by atoms with E-state index >= 15 is 0 Å². The summed E-state index contributed by atoms with van der Waals surface area (Å²) in [6.45, 7) is 1.33. The number of amides is 2. The first-order valence-corrected chi connectivity index (χ1v) is 8.68. The SMILES string of the molecule is Nc1nc2cc(C(=O)N3CCCC34CCCNC4=O)ccc2s1. The summed E-state index contributed by atoms with van der Waals surface area (Å²) in [5.41, 5.74) is 6.37. The average Bonchev–Trinajstić information content (AvgIpc) is 3.12. The van der Waals surface area contributed by atoms with Crippen molar-refractivity contribution in [3.05, 3.63) is 23.8 Å². The number of nitrogens with two attached hydrogens (primary N) is 1. The van der Waals surface area contributed by atoms with Crippen LogP contribution in [-0.2, 0) is 4.79 Å². The molecule has 1 aromatic carbocycles. The van der Waals surface area contributed by atoms with Crippen LogP contribution < -0.4 is 11.1 Å². The van der Waals surface area contributed by atoms with E-state index in [-0.39, 0.29) is 11.8 Å². The first-order chi connectivity index (χ1) is 11.1. The van der Waals surface area contributed by atoms with Crippen LogP contribution in [0.2, 0.25) is 0 Å². The van der Waals surface area contributed by atoms with Crippen molar-refractivity contribution in [3.8, 4) is 0 Å². The summed E-state index contributed by atoms with van der Waals surface area (Å²) in [6.07, 6.45) is 3.27. The van der Waals surface area contributed by atoms with Crippen LogP contribution in [0.15, 0.2) is 18.2 Å². The van der Waals surface area contributed by atoms with Crippen LogP contribution in [0.25, 0.3) is 10.2 Å². The maximum absolute atomic E-state index is 13.0. The topological polar surface area (TPSA) is 88.3 Å². The molecule has 1 atom stereocenters. The van der Waals surface area contributed by atoms with Gasteiger partial charge in [-0.3, -0.25) is 9.59 Å². The molecule has 2 aliphatic heterocycles. The second kappa shape index (κ2) is 5.19. The Morgan fingerprint density at radius 1 is 1.35 bits per heavy atom. The van der Waals surface area contributed by atoms with Gasteiger partial charge in [0, 0.05) is 18.7 Å². The largest absolute Gasteiger partial charge is 0.375 e. The van der Waals surface area contributed by atoms with Gasteiger partial charge >= 0.3 is 0 Å². The fourth-order valence-corrected chi connectivity index (χ4v) is 4.48. The van der Waals surface area contributed by atoms with E-state index in [0.29, 0.717) is 23.8 Å². The lowest BCUT2D eigenvalue weighted by molar-refractivity contribution is -0.133. The number of carbonyl (C=O) groups excluding carboxylic acids is 2. The zero-order valence-electron chi connectivity index (χ0n) is 12.7. The Bertz CT molecular complexity index is 802. The molecule has 2 aromatic rings. The Balaban J connectivity index is 1.70. The number of anilines is 1. The lowest BCUT2D eigenvalue weighted by atomic mass is 9.86. The van der Waals surface area contributed by atoms with Crippen LogP contribution in [0.4, 0.5) is 5.13 Å². The highest BCUT2D eigenvalue weighted by molar-refractivity contribution is 7.22. The smallest absolute Gasteiger partial charge is 0.254 e. The van der Waals surface area contributed by atoms with E-state index in [2.05, 4.69) is 10.3 Å². The van der Waals surface area contributed by atoms with Gasteiger partial charge in [0.1, 0.15) is 5.54 Å². The van der Waals surface area contributed by atoms with E-state index in [1.807, 2.05) is 6.07 Å². The fraction of sp³-hybridized carbons (Fsp3) is 0.438. The minimum absolute atomic E-state index is 0.00594. The molecule has 6 nitrogen and oxygen atoms in total. The van der Waals surface area contributed by atoms with Gasteiger partial charge in [-0.25, -0.2) is 4.98 Å². The number of nitrogens with one attached hydrogen (secondary N) is 1. The van der Waals surface area contributed by atoms with Crippen molar-refractivity contribution in [2.45, 2.75) is 31.2 Å². The molecule has 2 saturated heterocycles. The number of hydrogen-bond acceptors (Lipinski definition) is 5. The monoisotopic (exact) mass is 330 g/mol. The minimum atomic E-state index is -0.661. The summed E-state index contributed by atoms with van der Waals surface area (Å²) < 4.78 is 0.964. The van der Waals surface area contributed by atoms with Crippen molar-refractivity contribution < 1.29 is 9.59 Å². The van der Waals surface area contributed by atoms with Gasteiger partial charge in [0.25, 0.3) is 5.91 Å². The standard InChI is InChI=1S/C16H18N4O2S/c17-15-19-11-9-10(3-4-12(11)23-15)13(21)20-8-2-6-16(20)5-1-7-18-14(16)22/h3-4,9H,1-2,5-8H2,(H2,17,19)(H,18,22). The van der Waals surface area contributed by atoms with Crippen molar-refractivity contribution in [1.82, 2.24) is 15.2 Å². The summed E-state index contributed by atoms with van der Waals surface area (Å²) in [7, 11) is 0. The maximum Gasteiger partial charge on any atom is 0.254 e. The summed E-state index contributed by atoms with van der Waals surface area (Å²) in [6, 6.07) is 5.45. The molecule has 2 fully saturated rings. The van der Waals surface area contributed by atoms with Crippen LogP contribution >= 0.6 is 11.3 Å². The highest BCUT2D eigenvalue weighted by Gasteiger charge is 2.50. The molecule has 0 bridgehead atoms. The quantitative estimate of drug-likeness (QED) is 0.834. The van der Waals surface area contributed by atoms with E-state index in [9.17, 15) is 9.59 Å². The van der Waals surface area contributed by atoms with E-state index in [1.54, 1.807) is 17.0 Å². The van der Waals surface area contributed by atoms with Crippen molar-refractivity contribution in [2.75, 3.05) is 18.8 Å². The van der Waals surface area contributed by atoms with Crippen molar-refractivity contribution in [1.29, 1.82) is 0 Å². The normalized spacial score (nSPS) is 24.3. The number of aromatic nitrogens is 1. The summed E-state index contributed by atoms with van der Waals surface area (Å²) in [5, 5.41) is 3.42. The Hall–Kier alpha value is -2.15. The summed E-state index contributed by atoms with van der Waals surface area (Å²) in [5.74, 6) is -0.0957. The van der Waals surface area contributed by atoms with Crippen LogP contribution in [0, 0.1) is 0 Å². The van der Waals surface area contributed by atoms with Gasteiger partial charge in [0.05, 0.1) is 10.2 Å². The third-order valence-electron chi connectivity index (χ3n) is 4.86. The fourth-order valence-electron chi connectivity index (χ4n) is 3.77. The summed E-state index contributed by atoms with van der Waals surface area (Å²) in [4.78, 5) is 31.5. The van der Waals surface area contributed by atoms with Crippen molar-refractivity contribution >= 4 is 38.5 Å². The molecule has 2 aliphatic rings. The van der Waals surface area contributed by atoms with Crippen LogP contribution in [0.1, 0.15) is 36.0 Å². The molecule has 23 heavy (non-hydrogen) atoms. The lowest BCUT2D eigenvalue weighted by Gasteiger charge is -2.40. The minimum Gasteiger partial charge on any atom is -0.375 e. The van der Waals surface area contributed by atoms with E-state index in [0.717, 1.165) is 35.9 Å². The number of hydrogen-bond donors (Lipinski definition) is 2. The molecule has 0 radical (unpaired) electrons. The molecule has 3 N–H and O–H groups in total. The molecular formula is C16H18N4O2S. The second-order valence-corrected chi connectivity index (χ2v) is 7.25. The predicted octanol–water partition coefficient (Wildman–Crippen LogP) is 1.76. The second-order valence-electron chi connectivity index (χ2n) is 6.19. The van der Waals surface area contributed by atoms with Crippen molar-refractivity contribution in [2.24, 2.45) is 0 Å². The van der Waals surface area contributed by atoms with Gasteiger partial charge < -0.3 is 16.0 Å². The van der Waals surface area contributed by atoms with Gasteiger partial charge in [-0.1, -0.05) is 11.3 Å². The number of fused-ring (bicyclic) bond motifs is 1.